The molecule has 2 nitrogen and oxygen atoms in total. The van der Waals surface area contributed by atoms with Gasteiger partial charge in [-0.25, -0.2) is 13.2 Å². The monoisotopic (exact) mass is 286 g/mol. The third kappa shape index (κ3) is 2.92. The van der Waals surface area contributed by atoms with Gasteiger partial charge < -0.3 is 10.2 Å². The molecule has 1 saturated heterocycles. The van der Waals surface area contributed by atoms with E-state index in [4.69, 9.17) is 0 Å². The van der Waals surface area contributed by atoms with Crippen molar-refractivity contribution in [1.82, 2.24) is 5.32 Å². The lowest BCUT2D eigenvalue weighted by molar-refractivity contribution is 0.321. The average molecular weight is 286 g/mol. The van der Waals surface area contributed by atoms with Crippen LogP contribution < -0.4 is 10.2 Å². The number of halogens is 3. The molecule has 0 aliphatic carbocycles. The maximum atomic E-state index is 13.4. The average Bonchev–Trinajstić information content (AvgIpc) is 2.67. The van der Waals surface area contributed by atoms with Crippen molar-refractivity contribution in [2.75, 3.05) is 24.5 Å². The summed E-state index contributed by atoms with van der Waals surface area (Å²) in [5.74, 6) is -3.66. The van der Waals surface area contributed by atoms with E-state index in [0.717, 1.165) is 37.9 Å². The van der Waals surface area contributed by atoms with Crippen LogP contribution in [0.3, 0.4) is 0 Å². The topological polar surface area (TPSA) is 15.3 Å². The Kier molecular flexibility index (Phi) is 4.58. The smallest absolute Gasteiger partial charge is 0.194 e. The van der Waals surface area contributed by atoms with Gasteiger partial charge in [-0.05, 0) is 25.8 Å². The minimum Gasteiger partial charge on any atom is -0.369 e. The van der Waals surface area contributed by atoms with E-state index >= 15 is 0 Å². The Morgan fingerprint density at radius 3 is 2.30 bits per heavy atom. The summed E-state index contributed by atoms with van der Waals surface area (Å²) in [6.07, 6.45) is 2.76. The molecule has 112 valence electrons. The van der Waals surface area contributed by atoms with Crippen molar-refractivity contribution < 1.29 is 13.2 Å². The Bertz CT molecular complexity index is 449. The molecule has 1 fully saturated rings. The van der Waals surface area contributed by atoms with E-state index < -0.39 is 17.5 Å². The van der Waals surface area contributed by atoms with Crippen molar-refractivity contribution in [3.8, 4) is 0 Å². The summed E-state index contributed by atoms with van der Waals surface area (Å²) in [5.41, 5.74) is 0.356. The molecule has 0 aromatic heterocycles. The van der Waals surface area contributed by atoms with Gasteiger partial charge in [-0.2, -0.15) is 0 Å². The second-order valence-corrected chi connectivity index (χ2v) is 5.41. The van der Waals surface area contributed by atoms with Crippen molar-refractivity contribution in [3.63, 3.8) is 0 Å². The van der Waals surface area contributed by atoms with Crippen LogP contribution in [0, 0.1) is 17.5 Å². The van der Waals surface area contributed by atoms with Crippen molar-refractivity contribution in [3.05, 3.63) is 29.6 Å². The number of nitrogens with zero attached hydrogens (tertiary/aromatic N) is 1. The van der Waals surface area contributed by atoms with Crippen LogP contribution >= 0.6 is 0 Å². The zero-order valence-electron chi connectivity index (χ0n) is 12.0. The fraction of sp³-hybridized carbons (Fsp3) is 0.600. The second-order valence-electron chi connectivity index (χ2n) is 5.41. The largest absolute Gasteiger partial charge is 0.369 e. The summed E-state index contributed by atoms with van der Waals surface area (Å²) < 4.78 is 39.9. The first kappa shape index (κ1) is 15.2. The lowest BCUT2D eigenvalue weighted by Crippen LogP contribution is -2.50. The molecule has 0 spiro atoms. The van der Waals surface area contributed by atoms with Crippen LogP contribution in [0.1, 0.15) is 33.1 Å². The fourth-order valence-corrected chi connectivity index (χ4v) is 2.79. The van der Waals surface area contributed by atoms with Gasteiger partial charge in [0.2, 0.25) is 0 Å². The maximum absolute atomic E-state index is 13.4. The van der Waals surface area contributed by atoms with Crippen LogP contribution in [0.25, 0.3) is 0 Å². The highest BCUT2D eigenvalue weighted by Gasteiger charge is 2.31. The molecule has 0 saturated carbocycles. The minimum atomic E-state index is -1.40. The normalized spacial score (nSPS) is 18.9. The first-order valence-electron chi connectivity index (χ1n) is 7.16. The van der Waals surface area contributed by atoms with Crippen LogP contribution in [0.15, 0.2) is 12.1 Å². The highest BCUT2D eigenvalue weighted by atomic mass is 19.2. The second kappa shape index (κ2) is 6.04. The van der Waals surface area contributed by atoms with Crippen molar-refractivity contribution in [2.45, 2.75) is 38.6 Å². The molecule has 0 bridgehead atoms. The molecule has 1 N–H and O–H groups in total. The maximum Gasteiger partial charge on any atom is 0.194 e. The highest BCUT2D eigenvalue weighted by molar-refractivity contribution is 5.48. The number of anilines is 1. The first-order chi connectivity index (χ1) is 9.51. The summed E-state index contributed by atoms with van der Waals surface area (Å²) in [6, 6.07) is 2.17. The quantitative estimate of drug-likeness (QED) is 0.856. The van der Waals surface area contributed by atoms with E-state index in [-0.39, 0.29) is 5.54 Å². The molecule has 20 heavy (non-hydrogen) atoms. The molecular weight excluding hydrogens is 265 g/mol. The van der Waals surface area contributed by atoms with Gasteiger partial charge in [-0.3, -0.25) is 0 Å². The number of hydrogen-bond acceptors (Lipinski definition) is 2. The molecule has 1 aromatic rings. The van der Waals surface area contributed by atoms with Gasteiger partial charge in [-0.1, -0.05) is 13.8 Å². The van der Waals surface area contributed by atoms with Gasteiger partial charge in [0.25, 0.3) is 0 Å². The van der Waals surface area contributed by atoms with E-state index in [0.29, 0.717) is 18.8 Å². The van der Waals surface area contributed by atoms with Gasteiger partial charge in [0.15, 0.2) is 17.5 Å². The summed E-state index contributed by atoms with van der Waals surface area (Å²) in [6.45, 7) is 6.46. The predicted octanol–water partition coefficient (Wildman–Crippen LogP) is 3.46. The zero-order chi connectivity index (χ0) is 14.8. The molecule has 0 radical (unpaired) electrons. The summed E-state index contributed by atoms with van der Waals surface area (Å²) in [5, 5.41) is 3.53. The standard InChI is InChI=1S/C15H21F3N2/c1-3-15(4-2)10-20(7-5-6-19-15)11-8-12(16)14(18)13(17)9-11/h8-9,19H,3-7,10H2,1-2H3. The van der Waals surface area contributed by atoms with Crippen LogP contribution in [0.4, 0.5) is 18.9 Å². The summed E-state index contributed by atoms with van der Waals surface area (Å²) in [4.78, 5) is 1.94. The predicted molar refractivity (Wildman–Crippen MR) is 74.5 cm³/mol. The molecular formula is C15H21F3N2. The van der Waals surface area contributed by atoms with E-state index in [2.05, 4.69) is 19.2 Å². The third-order valence-electron chi connectivity index (χ3n) is 4.29. The van der Waals surface area contributed by atoms with E-state index in [1.54, 1.807) is 0 Å². The van der Waals surface area contributed by atoms with Gasteiger partial charge in [0, 0.05) is 36.4 Å². The van der Waals surface area contributed by atoms with Crippen LogP contribution in [-0.2, 0) is 0 Å². The Morgan fingerprint density at radius 1 is 1.15 bits per heavy atom. The fourth-order valence-electron chi connectivity index (χ4n) is 2.79. The van der Waals surface area contributed by atoms with Crippen LogP contribution in [-0.4, -0.2) is 25.2 Å². The molecule has 5 heteroatoms. The lowest BCUT2D eigenvalue weighted by Gasteiger charge is -2.36. The van der Waals surface area contributed by atoms with E-state index in [9.17, 15) is 13.2 Å². The SMILES string of the molecule is CCC1(CC)CN(c2cc(F)c(F)c(F)c2)CCCN1. The number of hydrogen-bond donors (Lipinski definition) is 1. The van der Waals surface area contributed by atoms with Crippen molar-refractivity contribution >= 4 is 5.69 Å². The molecule has 2 rings (SSSR count). The Balaban J connectivity index is 2.31. The zero-order valence-corrected chi connectivity index (χ0v) is 12.0. The minimum absolute atomic E-state index is 0.0577. The van der Waals surface area contributed by atoms with E-state index in [1.807, 2.05) is 4.90 Å². The van der Waals surface area contributed by atoms with E-state index in [1.165, 1.54) is 0 Å². The summed E-state index contributed by atoms with van der Waals surface area (Å²) >= 11 is 0. The van der Waals surface area contributed by atoms with Gasteiger partial charge in [0.05, 0.1) is 0 Å². The van der Waals surface area contributed by atoms with Crippen LogP contribution in [0.5, 0.6) is 0 Å². The molecule has 1 aliphatic rings. The lowest BCUT2D eigenvalue weighted by atomic mass is 9.92. The Morgan fingerprint density at radius 2 is 1.75 bits per heavy atom. The molecule has 1 heterocycles. The van der Waals surface area contributed by atoms with Gasteiger partial charge >= 0.3 is 0 Å². The number of nitrogens with one attached hydrogen (secondary N) is 1. The molecule has 0 amide bonds. The Labute approximate surface area is 118 Å². The third-order valence-corrected chi connectivity index (χ3v) is 4.29. The number of rotatable bonds is 3. The van der Waals surface area contributed by atoms with Crippen molar-refractivity contribution in [1.29, 1.82) is 0 Å². The molecule has 1 aliphatic heterocycles. The summed E-state index contributed by atoms with van der Waals surface area (Å²) in [7, 11) is 0. The van der Waals surface area contributed by atoms with Gasteiger partial charge in [0.1, 0.15) is 0 Å². The van der Waals surface area contributed by atoms with Crippen molar-refractivity contribution in [2.24, 2.45) is 0 Å². The molecule has 0 atom stereocenters. The Hall–Kier alpha value is -1.23. The molecule has 0 unspecified atom stereocenters. The first-order valence-corrected chi connectivity index (χ1v) is 7.16. The van der Waals surface area contributed by atoms with Crippen LogP contribution in [0.2, 0.25) is 0 Å². The highest BCUT2D eigenvalue weighted by Crippen LogP contribution is 2.26. The van der Waals surface area contributed by atoms with Gasteiger partial charge in [-0.15, -0.1) is 0 Å². The number of benzene rings is 1. The molecule has 1 aromatic carbocycles.